The van der Waals surface area contributed by atoms with E-state index in [4.69, 9.17) is 4.74 Å². The van der Waals surface area contributed by atoms with Crippen molar-refractivity contribution in [2.75, 3.05) is 13.7 Å². The maximum Gasteiger partial charge on any atom is 0.0564 e. The predicted molar refractivity (Wildman–Crippen MR) is 42.0 cm³/mol. The average Bonchev–Trinajstić information content (AvgIpc) is 1.98. The van der Waals surface area contributed by atoms with Gasteiger partial charge in [0.25, 0.3) is 0 Å². The second kappa shape index (κ2) is 5.69. The average molecular weight is 146 g/mol. The van der Waals surface area contributed by atoms with E-state index in [1.165, 1.54) is 0 Å². The molecule has 0 fully saturated rings. The Bertz CT molecular complexity index is 73.7. The maximum absolute atomic E-state index is 9.30. The Labute approximate surface area is 63.2 Å². The summed E-state index contributed by atoms with van der Waals surface area (Å²) in [5.74, 6) is 0.366. The highest BCUT2D eigenvalue weighted by atomic mass is 16.5. The molecule has 0 saturated carbocycles. The Balaban J connectivity index is 3.31. The molecule has 0 aromatic carbocycles. The van der Waals surface area contributed by atoms with Crippen LogP contribution in [0.25, 0.3) is 0 Å². The Morgan fingerprint density at radius 1 is 1.50 bits per heavy atom. The molecule has 0 aromatic heterocycles. The molecule has 10 heavy (non-hydrogen) atoms. The fraction of sp³-hybridized carbons (Fsp3) is 1.00. The van der Waals surface area contributed by atoms with Crippen LogP contribution in [0, 0.1) is 5.92 Å². The van der Waals surface area contributed by atoms with Gasteiger partial charge in [-0.25, -0.2) is 0 Å². The Kier molecular flexibility index (Phi) is 5.64. The summed E-state index contributed by atoms with van der Waals surface area (Å²) in [4.78, 5) is 0. The van der Waals surface area contributed by atoms with Gasteiger partial charge in [0, 0.05) is 13.7 Å². The summed E-state index contributed by atoms with van der Waals surface area (Å²) in [5.41, 5.74) is 0. The molecule has 0 bridgehead atoms. The molecule has 0 aromatic rings. The zero-order valence-electron chi connectivity index (χ0n) is 7.13. The maximum atomic E-state index is 9.30. The van der Waals surface area contributed by atoms with E-state index in [0.29, 0.717) is 5.92 Å². The first-order valence-corrected chi connectivity index (χ1v) is 3.89. The highest BCUT2D eigenvalue weighted by Gasteiger charge is 2.10. The number of hydrogen-bond acceptors (Lipinski definition) is 2. The first-order chi connectivity index (χ1) is 4.72. The number of hydrogen-bond donors (Lipinski definition) is 1. The zero-order chi connectivity index (χ0) is 7.98. The lowest BCUT2D eigenvalue weighted by atomic mass is 10.00. The van der Waals surface area contributed by atoms with Crippen LogP contribution in [0.5, 0.6) is 0 Å². The van der Waals surface area contributed by atoms with E-state index in [-0.39, 0.29) is 6.10 Å². The van der Waals surface area contributed by atoms with Gasteiger partial charge in [0.1, 0.15) is 0 Å². The predicted octanol–water partition coefficient (Wildman–Crippen LogP) is 1.43. The molecule has 2 nitrogen and oxygen atoms in total. The summed E-state index contributed by atoms with van der Waals surface area (Å²) in [7, 11) is 1.69. The van der Waals surface area contributed by atoms with Gasteiger partial charge >= 0.3 is 0 Å². The molecule has 2 unspecified atom stereocenters. The van der Waals surface area contributed by atoms with Gasteiger partial charge in [-0.1, -0.05) is 13.8 Å². The van der Waals surface area contributed by atoms with E-state index in [1.807, 2.05) is 13.8 Å². The molecule has 2 atom stereocenters. The molecule has 0 aliphatic rings. The van der Waals surface area contributed by atoms with E-state index in [9.17, 15) is 5.11 Å². The normalized spacial score (nSPS) is 16.8. The van der Waals surface area contributed by atoms with Crippen molar-refractivity contribution in [2.24, 2.45) is 5.92 Å². The monoisotopic (exact) mass is 146 g/mol. The number of aliphatic hydroxyl groups excluding tert-OH is 1. The van der Waals surface area contributed by atoms with Crippen LogP contribution in [0.2, 0.25) is 0 Å². The van der Waals surface area contributed by atoms with Gasteiger partial charge in [-0.3, -0.25) is 0 Å². The summed E-state index contributed by atoms with van der Waals surface area (Å²) in [5, 5.41) is 9.30. The van der Waals surface area contributed by atoms with E-state index in [0.717, 1.165) is 19.4 Å². The number of aliphatic hydroxyl groups is 1. The molecular formula is C8H18O2. The minimum Gasteiger partial charge on any atom is -0.393 e. The highest BCUT2D eigenvalue weighted by molar-refractivity contribution is 4.61. The highest BCUT2D eigenvalue weighted by Crippen LogP contribution is 2.10. The second-order valence-corrected chi connectivity index (χ2v) is 2.73. The topological polar surface area (TPSA) is 29.5 Å². The molecule has 0 rings (SSSR count). The molecular weight excluding hydrogens is 128 g/mol. The molecule has 0 amide bonds. The van der Waals surface area contributed by atoms with Crippen molar-refractivity contribution in [1.82, 2.24) is 0 Å². The van der Waals surface area contributed by atoms with Gasteiger partial charge in [-0.05, 0) is 18.8 Å². The lowest BCUT2D eigenvalue weighted by molar-refractivity contribution is 0.0857. The van der Waals surface area contributed by atoms with Crippen molar-refractivity contribution in [3.05, 3.63) is 0 Å². The van der Waals surface area contributed by atoms with Crippen molar-refractivity contribution in [1.29, 1.82) is 0 Å². The first-order valence-electron chi connectivity index (χ1n) is 3.89. The third-order valence-corrected chi connectivity index (χ3v) is 1.85. The van der Waals surface area contributed by atoms with Crippen LogP contribution in [0.1, 0.15) is 26.7 Å². The van der Waals surface area contributed by atoms with Crippen molar-refractivity contribution in [3.8, 4) is 0 Å². The quantitative estimate of drug-likeness (QED) is 0.635. The van der Waals surface area contributed by atoms with Crippen LogP contribution in [0.15, 0.2) is 0 Å². The third-order valence-electron chi connectivity index (χ3n) is 1.85. The molecule has 0 radical (unpaired) electrons. The van der Waals surface area contributed by atoms with Crippen LogP contribution in [-0.4, -0.2) is 24.9 Å². The minimum absolute atomic E-state index is 0.157. The lowest BCUT2D eigenvalue weighted by Gasteiger charge is -2.15. The van der Waals surface area contributed by atoms with Crippen LogP contribution in [0.3, 0.4) is 0 Å². The largest absolute Gasteiger partial charge is 0.393 e. The van der Waals surface area contributed by atoms with Gasteiger partial charge in [0.2, 0.25) is 0 Å². The molecule has 1 N–H and O–H groups in total. The molecule has 0 spiro atoms. The van der Waals surface area contributed by atoms with Crippen molar-refractivity contribution in [2.45, 2.75) is 32.8 Å². The molecule has 0 saturated heterocycles. The summed E-state index contributed by atoms with van der Waals surface area (Å²) in [6.45, 7) is 4.79. The fourth-order valence-electron chi connectivity index (χ4n) is 0.898. The Hall–Kier alpha value is -0.0800. The van der Waals surface area contributed by atoms with Gasteiger partial charge in [0.15, 0.2) is 0 Å². The van der Waals surface area contributed by atoms with Crippen LogP contribution in [0.4, 0.5) is 0 Å². The fourth-order valence-corrected chi connectivity index (χ4v) is 0.898. The van der Waals surface area contributed by atoms with E-state index in [1.54, 1.807) is 7.11 Å². The summed E-state index contributed by atoms with van der Waals surface area (Å²) in [6.07, 6.45) is 1.63. The number of rotatable bonds is 5. The zero-order valence-corrected chi connectivity index (χ0v) is 7.13. The first kappa shape index (κ1) is 9.92. The third kappa shape index (κ3) is 3.85. The van der Waals surface area contributed by atoms with Gasteiger partial charge in [-0.2, -0.15) is 0 Å². The standard InChI is InChI=1S/C8H18O2/c1-4-8(9)7(2)5-6-10-3/h7-9H,4-6H2,1-3H3. The van der Waals surface area contributed by atoms with E-state index >= 15 is 0 Å². The van der Waals surface area contributed by atoms with Gasteiger partial charge in [-0.15, -0.1) is 0 Å². The summed E-state index contributed by atoms with van der Waals surface area (Å²) >= 11 is 0. The molecule has 0 heterocycles. The van der Waals surface area contributed by atoms with Gasteiger partial charge < -0.3 is 9.84 Å². The van der Waals surface area contributed by atoms with Crippen molar-refractivity contribution >= 4 is 0 Å². The van der Waals surface area contributed by atoms with E-state index in [2.05, 4.69) is 0 Å². The molecule has 0 aliphatic carbocycles. The smallest absolute Gasteiger partial charge is 0.0564 e. The SMILES string of the molecule is CCC(O)C(C)CCOC. The second-order valence-electron chi connectivity index (χ2n) is 2.73. The Morgan fingerprint density at radius 2 is 2.10 bits per heavy atom. The van der Waals surface area contributed by atoms with Crippen LogP contribution >= 0.6 is 0 Å². The minimum atomic E-state index is -0.157. The van der Waals surface area contributed by atoms with Crippen molar-refractivity contribution < 1.29 is 9.84 Å². The van der Waals surface area contributed by atoms with Gasteiger partial charge in [0.05, 0.1) is 6.10 Å². The summed E-state index contributed by atoms with van der Waals surface area (Å²) < 4.78 is 4.90. The molecule has 62 valence electrons. The lowest BCUT2D eigenvalue weighted by Crippen LogP contribution is -2.17. The van der Waals surface area contributed by atoms with E-state index < -0.39 is 0 Å². The van der Waals surface area contributed by atoms with Crippen LogP contribution < -0.4 is 0 Å². The van der Waals surface area contributed by atoms with Crippen molar-refractivity contribution in [3.63, 3.8) is 0 Å². The van der Waals surface area contributed by atoms with Crippen LogP contribution in [-0.2, 0) is 4.74 Å². The number of methoxy groups -OCH3 is 1. The Morgan fingerprint density at radius 3 is 2.50 bits per heavy atom. The summed E-state index contributed by atoms with van der Waals surface area (Å²) in [6, 6.07) is 0. The molecule has 0 aliphatic heterocycles. The number of ether oxygens (including phenoxy) is 1. The molecule has 2 heteroatoms.